The summed E-state index contributed by atoms with van der Waals surface area (Å²) in [6.07, 6.45) is -3.39. The molecule has 10 heteroatoms. The van der Waals surface area contributed by atoms with Crippen molar-refractivity contribution in [2.75, 3.05) is 19.6 Å². The van der Waals surface area contributed by atoms with Crippen LogP contribution in [0.25, 0.3) is 0 Å². The summed E-state index contributed by atoms with van der Waals surface area (Å²) < 4.78 is 38.9. The van der Waals surface area contributed by atoms with Crippen molar-refractivity contribution in [2.24, 2.45) is 17.1 Å². The number of nitrogens with zero attached hydrogens (tertiary/aromatic N) is 1. The van der Waals surface area contributed by atoms with E-state index >= 15 is 0 Å². The highest BCUT2D eigenvalue weighted by Gasteiger charge is 2.52. The Morgan fingerprint density at radius 3 is 2.56 bits per heavy atom. The molecule has 0 spiro atoms. The van der Waals surface area contributed by atoms with Gasteiger partial charge in [-0.15, -0.1) is 0 Å². The number of hydrogen-bond donors (Lipinski definition) is 4. The van der Waals surface area contributed by atoms with E-state index < -0.39 is 35.2 Å². The predicted molar refractivity (Wildman–Crippen MR) is 82.9 cm³/mol. The Labute approximate surface area is 142 Å². The third-order valence-corrected chi connectivity index (χ3v) is 4.83. The molecule has 25 heavy (non-hydrogen) atoms. The highest BCUT2D eigenvalue weighted by Crippen LogP contribution is 2.47. The monoisotopic (exact) mass is 362 g/mol. The molecular formula is C15H21F3N4O3. The normalized spacial score (nSPS) is 30.6. The average molecular weight is 362 g/mol. The zero-order valence-electron chi connectivity index (χ0n) is 13.7. The maximum absolute atomic E-state index is 13.0. The van der Waals surface area contributed by atoms with E-state index in [9.17, 15) is 22.8 Å². The Morgan fingerprint density at radius 2 is 2.12 bits per heavy atom. The van der Waals surface area contributed by atoms with E-state index in [0.717, 1.165) is 0 Å². The number of aliphatic carboxylic acids is 1. The lowest BCUT2D eigenvalue weighted by Crippen LogP contribution is -2.36. The summed E-state index contributed by atoms with van der Waals surface area (Å²) in [6.45, 7) is 3.46. The Balaban J connectivity index is 2.03. The third kappa shape index (κ3) is 4.30. The molecule has 0 aromatic heterocycles. The average Bonchev–Trinajstić information content (AvgIpc) is 2.88. The molecule has 2 rings (SSSR count). The number of nitrogens with two attached hydrogens (primary N) is 1. The van der Waals surface area contributed by atoms with E-state index in [4.69, 9.17) is 16.2 Å². The molecule has 2 unspecified atom stereocenters. The highest BCUT2D eigenvalue weighted by molar-refractivity contribution is 5.99. The first kappa shape index (κ1) is 19.2. The van der Waals surface area contributed by atoms with E-state index in [2.05, 4.69) is 5.32 Å². The van der Waals surface area contributed by atoms with Crippen molar-refractivity contribution >= 4 is 18.1 Å². The topological polar surface area (TPSA) is 120 Å². The van der Waals surface area contributed by atoms with Crippen LogP contribution in [0.5, 0.6) is 0 Å². The van der Waals surface area contributed by atoms with Crippen molar-refractivity contribution in [3.8, 4) is 0 Å². The number of primary amides is 1. The summed E-state index contributed by atoms with van der Waals surface area (Å²) in [6, 6.07) is -0.343. The molecule has 140 valence electrons. The van der Waals surface area contributed by atoms with Gasteiger partial charge in [0.1, 0.15) is 5.57 Å². The molecule has 1 aliphatic carbocycles. The number of likely N-dealkylation sites (tertiary alicyclic amines) is 1. The number of carbonyl (C=O) groups is 2. The summed E-state index contributed by atoms with van der Waals surface area (Å²) in [5.74, 6) is -2.90. The van der Waals surface area contributed by atoms with Gasteiger partial charge in [-0.3, -0.25) is 9.59 Å². The second-order valence-corrected chi connectivity index (χ2v) is 6.91. The minimum atomic E-state index is -4.94. The fourth-order valence-electron chi connectivity index (χ4n) is 3.29. The molecule has 2 aliphatic rings. The lowest BCUT2D eigenvalue weighted by Gasteiger charge is -2.22. The molecule has 0 radical (unpaired) electrons. The molecule has 2 fully saturated rings. The first-order chi connectivity index (χ1) is 11.5. The maximum Gasteiger partial charge on any atom is 0.423 e. The molecule has 1 amide bonds. The minimum Gasteiger partial charge on any atom is -0.481 e. The largest absolute Gasteiger partial charge is 0.481 e. The molecule has 0 bridgehead atoms. The number of alkyl halides is 3. The molecule has 1 saturated heterocycles. The molecule has 0 aromatic rings. The van der Waals surface area contributed by atoms with E-state index in [1.54, 1.807) is 0 Å². The summed E-state index contributed by atoms with van der Waals surface area (Å²) in [7, 11) is 0. The van der Waals surface area contributed by atoms with Crippen LogP contribution in [0.2, 0.25) is 0 Å². The molecule has 7 nitrogen and oxygen atoms in total. The van der Waals surface area contributed by atoms with Crippen LogP contribution in [0.3, 0.4) is 0 Å². The summed E-state index contributed by atoms with van der Waals surface area (Å²) >= 11 is 0. The molecule has 0 aromatic carbocycles. The summed E-state index contributed by atoms with van der Waals surface area (Å²) in [5.41, 5.74) is 2.26. The fourth-order valence-corrected chi connectivity index (χ4v) is 3.29. The van der Waals surface area contributed by atoms with Gasteiger partial charge >= 0.3 is 12.1 Å². The number of hydrogen-bond acceptors (Lipinski definition) is 5. The van der Waals surface area contributed by atoms with Gasteiger partial charge in [0.25, 0.3) is 5.91 Å². The van der Waals surface area contributed by atoms with E-state index in [-0.39, 0.29) is 11.5 Å². The van der Waals surface area contributed by atoms with E-state index in [0.29, 0.717) is 38.7 Å². The first-order valence-corrected chi connectivity index (χ1v) is 7.81. The Morgan fingerprint density at radius 1 is 1.48 bits per heavy atom. The van der Waals surface area contributed by atoms with Crippen molar-refractivity contribution in [3.63, 3.8) is 0 Å². The molecular weight excluding hydrogens is 341 g/mol. The van der Waals surface area contributed by atoms with Gasteiger partial charge in [-0.05, 0) is 19.4 Å². The van der Waals surface area contributed by atoms with Crippen LogP contribution >= 0.6 is 0 Å². The van der Waals surface area contributed by atoms with Crippen molar-refractivity contribution in [3.05, 3.63) is 11.3 Å². The van der Waals surface area contributed by atoms with Crippen molar-refractivity contribution in [1.82, 2.24) is 10.2 Å². The van der Waals surface area contributed by atoms with Gasteiger partial charge in [-0.25, -0.2) is 0 Å². The van der Waals surface area contributed by atoms with Crippen molar-refractivity contribution < 1.29 is 27.9 Å². The number of carboxylic acids is 1. The van der Waals surface area contributed by atoms with Crippen LogP contribution in [0.15, 0.2) is 11.3 Å². The minimum absolute atomic E-state index is 0.343. The molecule has 1 saturated carbocycles. The molecule has 1 heterocycles. The lowest BCUT2D eigenvalue weighted by molar-refractivity contribution is -0.141. The number of rotatable bonds is 7. The quantitative estimate of drug-likeness (QED) is 0.393. The van der Waals surface area contributed by atoms with Gasteiger partial charge < -0.3 is 26.5 Å². The van der Waals surface area contributed by atoms with Gasteiger partial charge in [-0.2, -0.15) is 13.2 Å². The van der Waals surface area contributed by atoms with Crippen LogP contribution in [0.1, 0.15) is 19.8 Å². The Bertz CT molecular complexity index is 620. The Hall–Kier alpha value is -2.10. The van der Waals surface area contributed by atoms with E-state index in [1.165, 1.54) is 0 Å². The second-order valence-electron chi connectivity index (χ2n) is 6.91. The number of carboxylic acid groups (broad SMARTS) is 1. The highest BCUT2D eigenvalue weighted by atomic mass is 19.4. The summed E-state index contributed by atoms with van der Waals surface area (Å²) in [4.78, 5) is 24.1. The van der Waals surface area contributed by atoms with Gasteiger partial charge in [0.2, 0.25) is 0 Å². The molecule has 3 atom stereocenters. The zero-order chi connectivity index (χ0) is 19.0. The SMILES string of the molecule is C[C@]1(CN2CCC(C(=O)O)C2)CC1N/C(C=N)=C(/C(N)=O)C(F)(F)F. The third-order valence-electron chi connectivity index (χ3n) is 4.83. The molecule has 1 aliphatic heterocycles. The van der Waals surface area contributed by atoms with Gasteiger partial charge in [0.05, 0.1) is 11.6 Å². The number of nitrogens with one attached hydrogen (secondary N) is 2. The number of carbonyl (C=O) groups excluding carboxylic acids is 1. The predicted octanol–water partition coefficient (Wildman–Crippen LogP) is 0.712. The van der Waals surface area contributed by atoms with Gasteiger partial charge in [-0.1, -0.05) is 6.92 Å². The molecule has 5 N–H and O–H groups in total. The van der Waals surface area contributed by atoms with Crippen molar-refractivity contribution in [1.29, 1.82) is 5.41 Å². The van der Waals surface area contributed by atoms with Crippen LogP contribution in [-0.2, 0) is 9.59 Å². The van der Waals surface area contributed by atoms with Crippen LogP contribution in [0, 0.1) is 16.7 Å². The number of allylic oxidation sites excluding steroid dienone is 1. The van der Waals surface area contributed by atoms with Crippen LogP contribution in [0.4, 0.5) is 13.2 Å². The number of halogens is 3. The fraction of sp³-hybridized carbons (Fsp3) is 0.667. The van der Waals surface area contributed by atoms with E-state index in [1.807, 2.05) is 11.8 Å². The second kappa shape index (κ2) is 6.66. The smallest absolute Gasteiger partial charge is 0.423 e. The Kier molecular flexibility index (Phi) is 5.12. The zero-order valence-corrected chi connectivity index (χ0v) is 13.7. The maximum atomic E-state index is 13.0. The van der Waals surface area contributed by atoms with Gasteiger partial charge in [0.15, 0.2) is 0 Å². The number of amides is 1. The van der Waals surface area contributed by atoms with Crippen LogP contribution < -0.4 is 11.1 Å². The standard InChI is InChI=1S/C15H21F3N4O3/c1-14(7-22-3-2-8(6-22)13(24)25)4-10(14)21-9(5-19)11(12(20)23)15(16,17)18/h5,8,10,19,21H,2-4,6-7H2,1H3,(H2,20,23)(H,24,25)/b11-9-,19-5?/t8?,10?,14-/m1/s1. The first-order valence-electron chi connectivity index (χ1n) is 7.81. The lowest BCUT2D eigenvalue weighted by atomic mass is 10.1. The van der Waals surface area contributed by atoms with Crippen LogP contribution in [-0.4, -0.2) is 59.9 Å². The van der Waals surface area contributed by atoms with Crippen molar-refractivity contribution in [2.45, 2.75) is 32.0 Å². The summed E-state index contributed by atoms with van der Waals surface area (Å²) in [5, 5.41) is 18.8. The van der Waals surface area contributed by atoms with Gasteiger partial charge in [0, 0.05) is 30.8 Å².